The smallest absolute Gasteiger partial charge is 0.227 e. The molecule has 2 aromatic carbocycles. The number of halogens is 2. The molecule has 0 saturated heterocycles. The molecule has 0 aromatic heterocycles. The number of aryl methyl sites for hydroxylation is 1. The lowest BCUT2D eigenvalue weighted by molar-refractivity contribution is -0.119. The molecule has 0 fully saturated rings. The molecule has 0 unspecified atom stereocenters. The van der Waals surface area contributed by atoms with Crippen molar-refractivity contribution < 1.29 is 18.3 Å². The van der Waals surface area contributed by atoms with E-state index in [2.05, 4.69) is 0 Å². The maximum atomic E-state index is 14.0. The van der Waals surface area contributed by atoms with Gasteiger partial charge in [-0.15, -0.1) is 0 Å². The Morgan fingerprint density at radius 1 is 1.13 bits per heavy atom. The molecule has 1 heterocycles. The fourth-order valence-corrected chi connectivity index (χ4v) is 2.88. The maximum Gasteiger partial charge on any atom is 0.227 e. The highest BCUT2D eigenvalue weighted by atomic mass is 19.1. The monoisotopic (exact) mass is 317 g/mol. The van der Waals surface area contributed by atoms with Crippen LogP contribution in [0.2, 0.25) is 0 Å². The summed E-state index contributed by atoms with van der Waals surface area (Å²) in [5, 5.41) is 0. The Kier molecular flexibility index (Phi) is 4.39. The number of carbonyl (C=O) groups is 1. The third-order valence-corrected chi connectivity index (χ3v) is 4.04. The van der Waals surface area contributed by atoms with E-state index in [-0.39, 0.29) is 5.91 Å². The SMILES string of the molecule is COCCN1C(=O)CCc2cc(-c3ccc(F)cc3F)ccc21. The first-order valence-electron chi connectivity index (χ1n) is 7.48. The summed E-state index contributed by atoms with van der Waals surface area (Å²) in [7, 11) is 1.59. The molecule has 2 aromatic rings. The Balaban J connectivity index is 1.97. The molecule has 0 spiro atoms. The normalized spacial score (nSPS) is 14.0. The molecule has 3 nitrogen and oxygen atoms in total. The number of anilines is 1. The Labute approximate surface area is 133 Å². The molecule has 0 N–H and O–H groups in total. The molecule has 1 aliphatic rings. The van der Waals surface area contributed by atoms with Gasteiger partial charge in [-0.3, -0.25) is 4.79 Å². The molecule has 0 bridgehead atoms. The van der Waals surface area contributed by atoms with Gasteiger partial charge in [0, 0.05) is 37.4 Å². The summed E-state index contributed by atoms with van der Waals surface area (Å²) in [6.45, 7) is 0.951. The first-order valence-corrected chi connectivity index (χ1v) is 7.48. The Bertz CT molecular complexity index is 746. The van der Waals surface area contributed by atoms with Crippen molar-refractivity contribution in [2.45, 2.75) is 12.8 Å². The van der Waals surface area contributed by atoms with E-state index in [9.17, 15) is 13.6 Å². The van der Waals surface area contributed by atoms with Crippen LogP contribution in [-0.2, 0) is 16.0 Å². The fourth-order valence-electron chi connectivity index (χ4n) is 2.88. The molecule has 1 aliphatic heterocycles. The van der Waals surface area contributed by atoms with Gasteiger partial charge < -0.3 is 9.64 Å². The minimum absolute atomic E-state index is 0.0651. The van der Waals surface area contributed by atoms with Crippen molar-refractivity contribution in [3.63, 3.8) is 0 Å². The van der Waals surface area contributed by atoms with Crippen LogP contribution in [0.5, 0.6) is 0 Å². The maximum absolute atomic E-state index is 14.0. The second-order valence-electron chi connectivity index (χ2n) is 5.51. The predicted octanol–water partition coefficient (Wildman–Crippen LogP) is 3.56. The summed E-state index contributed by atoms with van der Waals surface area (Å²) in [6.07, 6.45) is 1.04. The van der Waals surface area contributed by atoms with Crippen molar-refractivity contribution in [1.29, 1.82) is 0 Å². The standard InChI is InChI=1S/C18H17F2NO2/c1-23-9-8-21-17-6-2-12(10-13(17)3-7-18(21)22)15-5-4-14(19)11-16(15)20/h2,4-6,10-11H,3,7-9H2,1H3. The van der Waals surface area contributed by atoms with Crippen molar-refractivity contribution in [2.75, 3.05) is 25.2 Å². The summed E-state index contributed by atoms with van der Waals surface area (Å²) >= 11 is 0. The van der Waals surface area contributed by atoms with E-state index in [1.165, 1.54) is 12.1 Å². The number of amides is 1. The number of hydrogen-bond donors (Lipinski definition) is 0. The lowest BCUT2D eigenvalue weighted by Gasteiger charge is -2.29. The van der Waals surface area contributed by atoms with Crippen LogP contribution in [0.1, 0.15) is 12.0 Å². The minimum atomic E-state index is -0.597. The van der Waals surface area contributed by atoms with Crippen molar-refractivity contribution in [1.82, 2.24) is 0 Å². The van der Waals surface area contributed by atoms with Gasteiger partial charge in [-0.05, 0) is 41.8 Å². The number of rotatable bonds is 4. The molecule has 0 saturated carbocycles. The fraction of sp³-hybridized carbons (Fsp3) is 0.278. The van der Waals surface area contributed by atoms with Crippen LogP contribution >= 0.6 is 0 Å². The molecule has 120 valence electrons. The zero-order valence-corrected chi connectivity index (χ0v) is 12.8. The molecule has 0 atom stereocenters. The summed E-state index contributed by atoms with van der Waals surface area (Å²) in [5.41, 5.74) is 2.86. The number of benzene rings is 2. The average Bonchev–Trinajstić information content (AvgIpc) is 2.53. The average molecular weight is 317 g/mol. The van der Waals surface area contributed by atoms with E-state index >= 15 is 0 Å². The number of ether oxygens (including phenoxy) is 1. The molecule has 0 aliphatic carbocycles. The molecule has 3 rings (SSSR count). The number of fused-ring (bicyclic) bond motifs is 1. The van der Waals surface area contributed by atoms with E-state index in [0.29, 0.717) is 37.1 Å². The van der Waals surface area contributed by atoms with Gasteiger partial charge in [0.05, 0.1) is 6.61 Å². The van der Waals surface area contributed by atoms with Crippen molar-refractivity contribution in [2.24, 2.45) is 0 Å². The molecular formula is C18H17F2NO2. The first-order chi connectivity index (χ1) is 11.1. The van der Waals surface area contributed by atoms with Crippen LogP contribution in [0, 0.1) is 11.6 Å². The lowest BCUT2D eigenvalue weighted by Crippen LogP contribution is -2.37. The second kappa shape index (κ2) is 6.46. The van der Waals surface area contributed by atoms with Crippen molar-refractivity contribution >= 4 is 11.6 Å². The molecular weight excluding hydrogens is 300 g/mol. The van der Waals surface area contributed by atoms with Crippen LogP contribution in [0.3, 0.4) is 0 Å². The zero-order chi connectivity index (χ0) is 16.4. The summed E-state index contributed by atoms with van der Waals surface area (Å²) in [5.74, 6) is -1.12. The summed E-state index contributed by atoms with van der Waals surface area (Å²) in [4.78, 5) is 13.8. The van der Waals surface area contributed by atoms with Gasteiger partial charge in [-0.2, -0.15) is 0 Å². The van der Waals surface area contributed by atoms with Crippen LogP contribution in [0.4, 0.5) is 14.5 Å². The number of carbonyl (C=O) groups excluding carboxylic acids is 1. The van der Waals surface area contributed by atoms with Crippen molar-refractivity contribution in [3.8, 4) is 11.1 Å². The Morgan fingerprint density at radius 3 is 2.70 bits per heavy atom. The van der Waals surface area contributed by atoms with Gasteiger partial charge in [-0.25, -0.2) is 8.78 Å². The first kappa shape index (κ1) is 15.6. The van der Waals surface area contributed by atoms with Crippen molar-refractivity contribution in [3.05, 3.63) is 53.6 Å². The molecule has 5 heteroatoms. The zero-order valence-electron chi connectivity index (χ0n) is 12.8. The number of methoxy groups -OCH3 is 1. The van der Waals surface area contributed by atoms with Crippen LogP contribution < -0.4 is 4.90 Å². The van der Waals surface area contributed by atoms with Gasteiger partial charge in [0.25, 0.3) is 0 Å². The summed E-state index contributed by atoms with van der Waals surface area (Å²) in [6, 6.07) is 9.00. The van der Waals surface area contributed by atoms with Gasteiger partial charge >= 0.3 is 0 Å². The Hall–Kier alpha value is -2.27. The van der Waals surface area contributed by atoms with E-state index in [0.717, 1.165) is 17.3 Å². The number of nitrogens with zero attached hydrogens (tertiary/aromatic N) is 1. The highest BCUT2D eigenvalue weighted by Crippen LogP contribution is 2.33. The predicted molar refractivity (Wildman–Crippen MR) is 84.3 cm³/mol. The van der Waals surface area contributed by atoms with Gasteiger partial charge in [0.1, 0.15) is 11.6 Å². The third kappa shape index (κ3) is 3.10. The second-order valence-corrected chi connectivity index (χ2v) is 5.51. The highest BCUT2D eigenvalue weighted by Gasteiger charge is 2.24. The summed E-state index contributed by atoms with van der Waals surface area (Å²) < 4.78 is 32.1. The lowest BCUT2D eigenvalue weighted by atomic mass is 9.95. The number of hydrogen-bond acceptors (Lipinski definition) is 2. The van der Waals surface area contributed by atoms with E-state index in [4.69, 9.17) is 4.74 Å². The molecule has 1 amide bonds. The van der Waals surface area contributed by atoms with E-state index in [1.54, 1.807) is 18.1 Å². The van der Waals surface area contributed by atoms with E-state index in [1.807, 2.05) is 12.1 Å². The van der Waals surface area contributed by atoms with Crippen LogP contribution in [-0.4, -0.2) is 26.2 Å². The molecule has 23 heavy (non-hydrogen) atoms. The largest absolute Gasteiger partial charge is 0.383 e. The van der Waals surface area contributed by atoms with Crippen LogP contribution in [0.25, 0.3) is 11.1 Å². The molecule has 0 radical (unpaired) electrons. The highest BCUT2D eigenvalue weighted by molar-refractivity contribution is 5.96. The quantitative estimate of drug-likeness (QED) is 0.863. The van der Waals surface area contributed by atoms with Crippen LogP contribution in [0.15, 0.2) is 36.4 Å². The minimum Gasteiger partial charge on any atom is -0.383 e. The van der Waals surface area contributed by atoms with E-state index < -0.39 is 11.6 Å². The van der Waals surface area contributed by atoms with Gasteiger partial charge in [0.15, 0.2) is 0 Å². The topological polar surface area (TPSA) is 29.5 Å². The Morgan fingerprint density at radius 2 is 1.96 bits per heavy atom. The van der Waals surface area contributed by atoms with Gasteiger partial charge in [-0.1, -0.05) is 6.07 Å². The third-order valence-electron chi connectivity index (χ3n) is 4.04. The van der Waals surface area contributed by atoms with Gasteiger partial charge in [0.2, 0.25) is 5.91 Å².